The number of non-ortho nitro benzene ring substituents is 1. The van der Waals surface area contributed by atoms with Crippen LogP contribution in [0.25, 0.3) is 11.0 Å². The fourth-order valence-electron chi connectivity index (χ4n) is 2.47. The molecule has 0 saturated heterocycles. The highest BCUT2D eigenvalue weighted by Gasteiger charge is 2.10. The van der Waals surface area contributed by atoms with Gasteiger partial charge in [0.2, 0.25) is 0 Å². The van der Waals surface area contributed by atoms with Gasteiger partial charge in [0.05, 0.1) is 22.2 Å². The van der Waals surface area contributed by atoms with Crippen LogP contribution >= 0.6 is 0 Å². The molecule has 8 heteroatoms. The number of fused-ring (bicyclic) bond motifs is 1. The number of nitro groups is 1. The topological polar surface area (TPSA) is 102 Å². The molecule has 0 saturated carbocycles. The second-order valence-electron chi connectivity index (χ2n) is 5.38. The minimum atomic E-state index is -0.483. The van der Waals surface area contributed by atoms with E-state index in [4.69, 9.17) is 0 Å². The predicted octanol–water partition coefficient (Wildman–Crippen LogP) is 2.40. The fraction of sp³-hybridized carbons (Fsp3) is 0.118. The van der Waals surface area contributed by atoms with Crippen molar-refractivity contribution in [1.29, 1.82) is 0 Å². The number of imidazole rings is 1. The van der Waals surface area contributed by atoms with Gasteiger partial charge in [-0.25, -0.2) is 10.4 Å². The molecule has 0 atom stereocenters. The van der Waals surface area contributed by atoms with Gasteiger partial charge in [-0.05, 0) is 19.1 Å². The summed E-state index contributed by atoms with van der Waals surface area (Å²) in [7, 11) is 0. The van der Waals surface area contributed by atoms with Crippen LogP contribution in [0.15, 0.2) is 53.6 Å². The third kappa shape index (κ3) is 3.69. The summed E-state index contributed by atoms with van der Waals surface area (Å²) >= 11 is 0. The Hall–Kier alpha value is -3.55. The lowest BCUT2D eigenvalue weighted by Gasteiger charge is -2.05. The van der Waals surface area contributed by atoms with E-state index in [1.807, 2.05) is 31.2 Å². The Morgan fingerprint density at radius 2 is 2.12 bits per heavy atom. The van der Waals surface area contributed by atoms with Crippen molar-refractivity contribution in [2.75, 3.05) is 0 Å². The van der Waals surface area contributed by atoms with Crippen LogP contribution in [0, 0.1) is 17.0 Å². The van der Waals surface area contributed by atoms with Crippen molar-refractivity contribution in [3.8, 4) is 0 Å². The molecule has 0 unspecified atom stereocenters. The standard InChI is InChI=1S/C17H15N5O3/c1-12-19-15-7-2-3-8-16(15)21(12)11-17(23)20-18-10-13-5-4-6-14(9-13)22(24)25/h2-10H,11H2,1H3,(H,20,23)/b18-10-. The summed E-state index contributed by atoms with van der Waals surface area (Å²) in [5.74, 6) is 0.423. The lowest BCUT2D eigenvalue weighted by Crippen LogP contribution is -2.23. The van der Waals surface area contributed by atoms with Crippen molar-refractivity contribution < 1.29 is 9.72 Å². The molecule has 3 aromatic rings. The number of amides is 1. The molecule has 0 radical (unpaired) electrons. The molecule has 1 heterocycles. The number of carbonyl (C=O) groups is 1. The fourth-order valence-corrected chi connectivity index (χ4v) is 2.47. The molecule has 0 aliphatic rings. The minimum absolute atomic E-state index is 0.0317. The maximum absolute atomic E-state index is 12.1. The van der Waals surface area contributed by atoms with Crippen LogP contribution in [0.1, 0.15) is 11.4 Å². The van der Waals surface area contributed by atoms with Crippen LogP contribution in [-0.4, -0.2) is 26.6 Å². The molecule has 0 fully saturated rings. The Labute approximate surface area is 142 Å². The van der Waals surface area contributed by atoms with Crippen LogP contribution in [0.5, 0.6) is 0 Å². The zero-order chi connectivity index (χ0) is 17.8. The molecule has 1 N–H and O–H groups in total. The number of hydrogen-bond acceptors (Lipinski definition) is 5. The quantitative estimate of drug-likeness (QED) is 0.439. The van der Waals surface area contributed by atoms with Gasteiger partial charge in [0.1, 0.15) is 12.4 Å². The van der Waals surface area contributed by atoms with E-state index in [1.54, 1.807) is 16.7 Å². The van der Waals surface area contributed by atoms with Crippen LogP contribution in [0.4, 0.5) is 5.69 Å². The predicted molar refractivity (Wildman–Crippen MR) is 93.3 cm³/mol. The maximum Gasteiger partial charge on any atom is 0.270 e. The van der Waals surface area contributed by atoms with Crippen LogP contribution in [0.2, 0.25) is 0 Å². The van der Waals surface area contributed by atoms with Crippen molar-refractivity contribution in [3.05, 3.63) is 70.0 Å². The Morgan fingerprint density at radius 1 is 1.32 bits per heavy atom. The molecule has 1 aromatic heterocycles. The smallest absolute Gasteiger partial charge is 0.270 e. The van der Waals surface area contributed by atoms with Gasteiger partial charge in [-0.3, -0.25) is 14.9 Å². The van der Waals surface area contributed by atoms with Crippen molar-refractivity contribution >= 4 is 28.8 Å². The molecule has 0 aliphatic heterocycles. The summed E-state index contributed by atoms with van der Waals surface area (Å²) in [5, 5.41) is 14.6. The SMILES string of the molecule is Cc1nc2ccccc2n1CC(=O)N/N=C\c1cccc([N+](=O)[O-])c1. The molecule has 0 aliphatic carbocycles. The van der Waals surface area contributed by atoms with E-state index in [9.17, 15) is 14.9 Å². The Kier molecular flexibility index (Phi) is 4.51. The number of carbonyl (C=O) groups excluding carboxylic acids is 1. The van der Waals surface area contributed by atoms with Gasteiger partial charge in [0, 0.05) is 17.7 Å². The van der Waals surface area contributed by atoms with Crippen molar-refractivity contribution in [2.45, 2.75) is 13.5 Å². The normalized spacial score (nSPS) is 11.1. The number of benzene rings is 2. The largest absolute Gasteiger partial charge is 0.319 e. The number of para-hydroxylation sites is 2. The van der Waals surface area contributed by atoms with Gasteiger partial charge in [-0.15, -0.1) is 0 Å². The number of nitrogens with one attached hydrogen (secondary N) is 1. The minimum Gasteiger partial charge on any atom is -0.319 e. The summed E-state index contributed by atoms with van der Waals surface area (Å²) in [6, 6.07) is 13.6. The molecule has 126 valence electrons. The average Bonchev–Trinajstić information content (AvgIpc) is 2.91. The summed E-state index contributed by atoms with van der Waals surface area (Å²) < 4.78 is 1.80. The van der Waals surface area contributed by atoms with Crippen LogP contribution < -0.4 is 5.43 Å². The van der Waals surface area contributed by atoms with Gasteiger partial charge >= 0.3 is 0 Å². The highest BCUT2D eigenvalue weighted by atomic mass is 16.6. The van der Waals surface area contributed by atoms with Crippen molar-refractivity contribution in [3.63, 3.8) is 0 Å². The molecule has 8 nitrogen and oxygen atoms in total. The maximum atomic E-state index is 12.1. The van der Waals surface area contributed by atoms with Gasteiger partial charge in [0.25, 0.3) is 11.6 Å². The van der Waals surface area contributed by atoms with Gasteiger partial charge in [0.15, 0.2) is 0 Å². The van der Waals surface area contributed by atoms with Gasteiger partial charge in [-0.1, -0.05) is 24.3 Å². The molecule has 25 heavy (non-hydrogen) atoms. The highest BCUT2D eigenvalue weighted by molar-refractivity contribution is 5.84. The van der Waals surface area contributed by atoms with Gasteiger partial charge < -0.3 is 4.57 Å². The molecule has 0 spiro atoms. The second kappa shape index (κ2) is 6.91. The Bertz CT molecular complexity index is 977. The zero-order valence-corrected chi connectivity index (χ0v) is 13.4. The monoisotopic (exact) mass is 337 g/mol. The zero-order valence-electron chi connectivity index (χ0n) is 13.4. The molecule has 0 bridgehead atoms. The van der Waals surface area contributed by atoms with E-state index in [0.29, 0.717) is 5.56 Å². The molecule has 3 rings (SSSR count). The lowest BCUT2D eigenvalue weighted by molar-refractivity contribution is -0.384. The number of rotatable bonds is 5. The average molecular weight is 337 g/mol. The number of hydrogen-bond donors (Lipinski definition) is 1. The first-order valence-corrected chi connectivity index (χ1v) is 7.53. The lowest BCUT2D eigenvalue weighted by atomic mass is 10.2. The van der Waals surface area contributed by atoms with Crippen molar-refractivity contribution in [2.24, 2.45) is 5.10 Å². The summed E-state index contributed by atoms with van der Waals surface area (Å²) in [6.07, 6.45) is 1.36. The number of aromatic nitrogens is 2. The Balaban J connectivity index is 1.67. The third-order valence-electron chi connectivity index (χ3n) is 3.63. The number of aryl methyl sites for hydroxylation is 1. The summed E-state index contributed by atoms with van der Waals surface area (Å²) in [6.45, 7) is 1.91. The van der Waals surface area contributed by atoms with E-state index in [2.05, 4.69) is 15.5 Å². The molecule has 1 amide bonds. The number of nitrogens with zero attached hydrogens (tertiary/aromatic N) is 4. The number of hydrazone groups is 1. The number of nitro benzene ring substituents is 1. The second-order valence-corrected chi connectivity index (χ2v) is 5.38. The van der Waals surface area contributed by atoms with Crippen LogP contribution in [-0.2, 0) is 11.3 Å². The Morgan fingerprint density at radius 3 is 2.92 bits per heavy atom. The summed E-state index contributed by atoms with van der Waals surface area (Å²) in [5.41, 5.74) is 4.62. The first-order chi connectivity index (χ1) is 12.0. The van der Waals surface area contributed by atoms with E-state index in [1.165, 1.54) is 18.3 Å². The molecule has 2 aromatic carbocycles. The van der Waals surface area contributed by atoms with E-state index in [0.717, 1.165) is 16.9 Å². The summed E-state index contributed by atoms with van der Waals surface area (Å²) in [4.78, 5) is 26.7. The van der Waals surface area contributed by atoms with Crippen LogP contribution in [0.3, 0.4) is 0 Å². The highest BCUT2D eigenvalue weighted by Crippen LogP contribution is 2.15. The van der Waals surface area contributed by atoms with E-state index in [-0.39, 0.29) is 18.1 Å². The van der Waals surface area contributed by atoms with E-state index >= 15 is 0 Å². The van der Waals surface area contributed by atoms with Gasteiger partial charge in [-0.2, -0.15) is 5.10 Å². The molecular weight excluding hydrogens is 322 g/mol. The van der Waals surface area contributed by atoms with E-state index < -0.39 is 4.92 Å². The first kappa shape index (κ1) is 16.3. The van der Waals surface area contributed by atoms with Crippen molar-refractivity contribution in [1.82, 2.24) is 15.0 Å². The molecular formula is C17H15N5O3. The first-order valence-electron chi connectivity index (χ1n) is 7.53. The third-order valence-corrected chi connectivity index (χ3v) is 3.63.